The second-order valence-corrected chi connectivity index (χ2v) is 4.43. The van der Waals surface area contributed by atoms with E-state index in [1.807, 2.05) is 0 Å². The number of fused-ring (bicyclic) bond motifs is 1. The van der Waals surface area contributed by atoms with Crippen LogP contribution in [0.25, 0.3) is 0 Å². The molecule has 0 bridgehead atoms. The lowest BCUT2D eigenvalue weighted by Gasteiger charge is -2.08. The summed E-state index contributed by atoms with van der Waals surface area (Å²) in [6.07, 6.45) is 0. The van der Waals surface area contributed by atoms with E-state index >= 15 is 0 Å². The minimum absolute atomic E-state index is 0.0756. The Morgan fingerprint density at radius 2 is 1.95 bits per heavy atom. The minimum Gasteiger partial charge on any atom is -0.454 e. The van der Waals surface area contributed by atoms with E-state index in [4.69, 9.17) is 9.47 Å². The Kier molecular flexibility index (Phi) is 3.78. The number of carbonyl (C=O) groups excluding carboxylic acids is 1. The molecule has 0 unspecified atom stereocenters. The number of rotatable bonds is 4. The van der Waals surface area contributed by atoms with Gasteiger partial charge in [-0.1, -0.05) is 6.07 Å². The Morgan fingerprint density at radius 1 is 1.14 bits per heavy atom. The second-order valence-electron chi connectivity index (χ2n) is 4.43. The van der Waals surface area contributed by atoms with Crippen molar-refractivity contribution in [3.63, 3.8) is 0 Å². The molecular formula is C15H11F2NO4. The van der Waals surface area contributed by atoms with Gasteiger partial charge in [0.1, 0.15) is 5.75 Å². The maximum atomic E-state index is 12.2. The first-order valence-electron chi connectivity index (χ1n) is 6.38. The smallest absolute Gasteiger partial charge is 0.387 e. The van der Waals surface area contributed by atoms with Crippen LogP contribution in [0.2, 0.25) is 0 Å². The van der Waals surface area contributed by atoms with Crippen LogP contribution >= 0.6 is 0 Å². The van der Waals surface area contributed by atoms with Crippen molar-refractivity contribution in [2.75, 3.05) is 12.1 Å². The van der Waals surface area contributed by atoms with Crippen molar-refractivity contribution in [3.8, 4) is 17.2 Å². The summed E-state index contributed by atoms with van der Waals surface area (Å²) in [6, 6.07) is 10.5. The maximum Gasteiger partial charge on any atom is 0.387 e. The second kappa shape index (κ2) is 5.88. The first-order valence-corrected chi connectivity index (χ1v) is 6.38. The summed E-state index contributed by atoms with van der Waals surface area (Å²) >= 11 is 0. The third-order valence-corrected chi connectivity index (χ3v) is 2.95. The maximum absolute atomic E-state index is 12.2. The minimum atomic E-state index is -2.94. The van der Waals surface area contributed by atoms with Crippen LogP contribution in [0.1, 0.15) is 10.4 Å². The van der Waals surface area contributed by atoms with Crippen LogP contribution in [-0.2, 0) is 0 Å². The number of carbonyl (C=O) groups is 1. The predicted octanol–water partition coefficient (Wildman–Crippen LogP) is 3.27. The Labute approximate surface area is 124 Å². The van der Waals surface area contributed by atoms with Crippen molar-refractivity contribution < 1.29 is 27.8 Å². The molecule has 3 rings (SSSR count). The highest BCUT2D eigenvalue weighted by atomic mass is 19.3. The van der Waals surface area contributed by atoms with Gasteiger partial charge in [0.2, 0.25) is 6.79 Å². The Hall–Kier alpha value is -2.83. The van der Waals surface area contributed by atoms with Gasteiger partial charge in [-0.15, -0.1) is 0 Å². The standard InChI is InChI=1S/C15H11F2NO4/c16-15(17)22-11-3-1-2-9(6-11)14(19)18-10-4-5-12-13(7-10)21-8-20-12/h1-7,15H,8H2,(H,18,19). The fourth-order valence-corrected chi connectivity index (χ4v) is 1.99. The fourth-order valence-electron chi connectivity index (χ4n) is 1.99. The first-order chi connectivity index (χ1) is 10.6. The first kappa shape index (κ1) is 14.1. The summed E-state index contributed by atoms with van der Waals surface area (Å²) < 4.78 is 39.0. The van der Waals surface area contributed by atoms with Crippen LogP contribution in [0, 0.1) is 0 Å². The van der Waals surface area contributed by atoms with Gasteiger partial charge < -0.3 is 19.5 Å². The van der Waals surface area contributed by atoms with E-state index in [1.54, 1.807) is 18.2 Å². The van der Waals surface area contributed by atoms with E-state index in [0.29, 0.717) is 17.2 Å². The molecule has 0 radical (unpaired) electrons. The van der Waals surface area contributed by atoms with E-state index in [-0.39, 0.29) is 18.1 Å². The van der Waals surface area contributed by atoms with Gasteiger partial charge in [0.05, 0.1) is 0 Å². The molecule has 1 amide bonds. The van der Waals surface area contributed by atoms with Gasteiger partial charge in [0, 0.05) is 17.3 Å². The highest BCUT2D eigenvalue weighted by molar-refractivity contribution is 6.04. The molecule has 1 heterocycles. The van der Waals surface area contributed by atoms with Gasteiger partial charge in [0.15, 0.2) is 11.5 Å². The molecule has 0 saturated heterocycles. The summed E-state index contributed by atoms with van der Waals surface area (Å²) in [4.78, 5) is 12.1. The van der Waals surface area contributed by atoms with Gasteiger partial charge in [-0.2, -0.15) is 8.78 Å². The molecule has 1 aliphatic rings. The lowest BCUT2D eigenvalue weighted by atomic mass is 10.2. The molecule has 0 spiro atoms. The van der Waals surface area contributed by atoms with E-state index in [2.05, 4.69) is 10.1 Å². The molecule has 22 heavy (non-hydrogen) atoms. The predicted molar refractivity (Wildman–Crippen MR) is 73.6 cm³/mol. The summed E-state index contributed by atoms with van der Waals surface area (Å²) in [7, 11) is 0. The lowest BCUT2D eigenvalue weighted by molar-refractivity contribution is -0.0498. The Morgan fingerprint density at radius 3 is 2.77 bits per heavy atom. The number of halogens is 2. The van der Waals surface area contributed by atoms with Crippen LogP contribution < -0.4 is 19.5 Å². The number of hydrogen-bond donors (Lipinski definition) is 1. The van der Waals surface area contributed by atoms with Crippen molar-refractivity contribution in [1.29, 1.82) is 0 Å². The van der Waals surface area contributed by atoms with E-state index in [1.165, 1.54) is 24.3 Å². The third kappa shape index (κ3) is 3.08. The van der Waals surface area contributed by atoms with Crippen LogP contribution in [0.5, 0.6) is 17.2 Å². The summed E-state index contributed by atoms with van der Waals surface area (Å²) in [5.74, 6) is 0.616. The van der Waals surface area contributed by atoms with Crippen molar-refractivity contribution >= 4 is 11.6 Å². The highest BCUT2D eigenvalue weighted by Crippen LogP contribution is 2.34. The number of hydrogen-bond acceptors (Lipinski definition) is 4. The largest absolute Gasteiger partial charge is 0.454 e. The van der Waals surface area contributed by atoms with Gasteiger partial charge in [-0.05, 0) is 30.3 Å². The summed E-state index contributed by atoms with van der Waals surface area (Å²) in [5.41, 5.74) is 0.713. The molecule has 114 valence electrons. The zero-order chi connectivity index (χ0) is 15.5. The Balaban J connectivity index is 1.74. The fraction of sp³-hybridized carbons (Fsp3) is 0.133. The van der Waals surface area contributed by atoms with Crippen molar-refractivity contribution in [3.05, 3.63) is 48.0 Å². The zero-order valence-electron chi connectivity index (χ0n) is 11.2. The molecule has 0 aromatic heterocycles. The lowest BCUT2D eigenvalue weighted by Crippen LogP contribution is -2.12. The molecule has 1 aliphatic heterocycles. The van der Waals surface area contributed by atoms with Gasteiger partial charge in [0.25, 0.3) is 5.91 Å². The number of alkyl halides is 2. The van der Waals surface area contributed by atoms with Crippen LogP contribution in [0.4, 0.5) is 14.5 Å². The number of ether oxygens (including phenoxy) is 3. The average Bonchev–Trinajstić information content (AvgIpc) is 2.94. The molecule has 2 aromatic carbocycles. The van der Waals surface area contributed by atoms with Crippen molar-refractivity contribution in [2.24, 2.45) is 0 Å². The van der Waals surface area contributed by atoms with Crippen LogP contribution in [0.15, 0.2) is 42.5 Å². The van der Waals surface area contributed by atoms with Gasteiger partial charge >= 0.3 is 6.61 Å². The number of anilines is 1. The number of nitrogens with one attached hydrogen (secondary N) is 1. The van der Waals surface area contributed by atoms with E-state index < -0.39 is 12.5 Å². The van der Waals surface area contributed by atoms with Crippen LogP contribution in [0.3, 0.4) is 0 Å². The van der Waals surface area contributed by atoms with Gasteiger partial charge in [-0.3, -0.25) is 4.79 Å². The number of amides is 1. The molecule has 0 fully saturated rings. The molecule has 1 N–H and O–H groups in total. The summed E-state index contributed by atoms with van der Waals surface area (Å²) in [6.45, 7) is -2.80. The van der Waals surface area contributed by atoms with Gasteiger partial charge in [-0.25, -0.2) is 0 Å². The molecule has 0 saturated carbocycles. The van der Waals surface area contributed by atoms with Crippen LogP contribution in [-0.4, -0.2) is 19.3 Å². The monoisotopic (exact) mass is 307 g/mol. The topological polar surface area (TPSA) is 56.8 Å². The average molecular weight is 307 g/mol. The molecular weight excluding hydrogens is 296 g/mol. The van der Waals surface area contributed by atoms with E-state index in [9.17, 15) is 13.6 Å². The molecule has 0 aliphatic carbocycles. The van der Waals surface area contributed by atoms with Crippen molar-refractivity contribution in [1.82, 2.24) is 0 Å². The zero-order valence-corrected chi connectivity index (χ0v) is 11.2. The van der Waals surface area contributed by atoms with Crippen molar-refractivity contribution in [2.45, 2.75) is 6.61 Å². The SMILES string of the molecule is O=C(Nc1ccc2c(c1)OCO2)c1cccc(OC(F)F)c1. The molecule has 0 atom stereocenters. The molecule has 2 aromatic rings. The number of benzene rings is 2. The molecule has 5 nitrogen and oxygen atoms in total. The normalized spacial score (nSPS) is 12.3. The summed E-state index contributed by atoms with van der Waals surface area (Å²) in [5, 5.41) is 2.65. The third-order valence-electron chi connectivity index (χ3n) is 2.95. The molecule has 7 heteroatoms. The highest BCUT2D eigenvalue weighted by Gasteiger charge is 2.15. The Bertz CT molecular complexity index is 706. The quantitative estimate of drug-likeness (QED) is 0.942. The van der Waals surface area contributed by atoms with E-state index in [0.717, 1.165) is 0 Å².